The Balaban J connectivity index is 2.16. The number of nitrogens with two attached hydrogens (primary N) is 1. The molecule has 1 heterocycles. The van der Waals surface area contributed by atoms with E-state index in [9.17, 15) is 0 Å². The number of aromatic nitrogens is 2. The van der Waals surface area contributed by atoms with Gasteiger partial charge in [0, 0.05) is 23.5 Å². The van der Waals surface area contributed by atoms with Crippen molar-refractivity contribution >= 4 is 11.5 Å². The summed E-state index contributed by atoms with van der Waals surface area (Å²) in [5.41, 5.74) is 6.57. The summed E-state index contributed by atoms with van der Waals surface area (Å²) >= 11 is 1.27. The van der Waals surface area contributed by atoms with Crippen molar-refractivity contribution in [2.45, 2.75) is 32.7 Å². The minimum atomic E-state index is -0.0583. The second-order valence-electron chi connectivity index (χ2n) is 5.09. The monoisotopic (exact) mass is 263 g/mol. The van der Waals surface area contributed by atoms with Gasteiger partial charge in [-0.25, -0.2) is 0 Å². The molecule has 0 spiro atoms. The van der Waals surface area contributed by atoms with Crippen LogP contribution in [0.5, 0.6) is 10.9 Å². The highest BCUT2D eigenvalue weighted by atomic mass is 32.1. The van der Waals surface area contributed by atoms with E-state index in [4.69, 9.17) is 10.5 Å². The maximum absolute atomic E-state index is 5.69. The molecule has 0 aliphatic heterocycles. The van der Waals surface area contributed by atoms with Crippen molar-refractivity contribution in [3.8, 4) is 10.9 Å². The van der Waals surface area contributed by atoms with Crippen LogP contribution in [-0.2, 0) is 12.0 Å². The predicted octanol–water partition coefficient (Wildman–Crippen LogP) is 3.09. The minimum absolute atomic E-state index is 0.0583. The zero-order valence-electron chi connectivity index (χ0n) is 10.8. The van der Waals surface area contributed by atoms with E-state index in [1.807, 2.05) is 24.3 Å². The summed E-state index contributed by atoms with van der Waals surface area (Å²) < 4.78 is 9.99. The summed E-state index contributed by atoms with van der Waals surface area (Å²) in [4.78, 5) is 4.39. The van der Waals surface area contributed by atoms with Gasteiger partial charge in [0.1, 0.15) is 5.75 Å². The highest BCUT2D eigenvalue weighted by Gasteiger charge is 2.20. The van der Waals surface area contributed by atoms with Gasteiger partial charge in [-0.05, 0) is 17.7 Å². The first-order valence-corrected chi connectivity index (χ1v) is 6.57. The van der Waals surface area contributed by atoms with Crippen LogP contribution in [0.4, 0.5) is 0 Å². The van der Waals surface area contributed by atoms with Crippen LogP contribution in [0.3, 0.4) is 0 Å². The summed E-state index contributed by atoms with van der Waals surface area (Å²) in [6, 6.07) is 7.69. The second-order valence-corrected chi connectivity index (χ2v) is 5.80. The number of benzene rings is 1. The Kier molecular flexibility index (Phi) is 3.63. The van der Waals surface area contributed by atoms with Gasteiger partial charge >= 0.3 is 0 Å². The van der Waals surface area contributed by atoms with E-state index >= 15 is 0 Å². The molecule has 1 aromatic heterocycles. The number of hydrogen-bond donors (Lipinski definition) is 1. The van der Waals surface area contributed by atoms with Gasteiger partial charge in [0.2, 0.25) is 0 Å². The van der Waals surface area contributed by atoms with Gasteiger partial charge in [-0.15, -0.1) is 0 Å². The first-order chi connectivity index (χ1) is 8.49. The number of rotatable bonds is 3. The van der Waals surface area contributed by atoms with Crippen molar-refractivity contribution in [2.24, 2.45) is 5.73 Å². The third-order valence-electron chi connectivity index (χ3n) is 2.42. The van der Waals surface area contributed by atoms with Gasteiger partial charge in [-0.1, -0.05) is 32.9 Å². The molecule has 0 atom stereocenters. The Morgan fingerprint density at radius 1 is 1.33 bits per heavy atom. The molecule has 0 amide bonds. The summed E-state index contributed by atoms with van der Waals surface area (Å²) in [6.07, 6.45) is 0. The van der Waals surface area contributed by atoms with Crippen LogP contribution in [-0.4, -0.2) is 9.36 Å². The SMILES string of the molecule is CC(C)(C)c1nsc(Oc2cccc(CN)c2)n1. The maximum Gasteiger partial charge on any atom is 0.298 e. The fraction of sp³-hybridized carbons (Fsp3) is 0.385. The summed E-state index contributed by atoms with van der Waals surface area (Å²) in [5, 5.41) is 0.564. The molecule has 2 N–H and O–H groups in total. The lowest BCUT2D eigenvalue weighted by Gasteiger charge is -2.12. The molecule has 18 heavy (non-hydrogen) atoms. The van der Waals surface area contributed by atoms with Gasteiger partial charge in [0.15, 0.2) is 5.82 Å². The van der Waals surface area contributed by atoms with E-state index in [1.54, 1.807) is 0 Å². The molecule has 5 heteroatoms. The Bertz CT molecular complexity index is 531. The van der Waals surface area contributed by atoms with Crippen LogP contribution in [0.15, 0.2) is 24.3 Å². The average Bonchev–Trinajstić information content (AvgIpc) is 2.77. The molecule has 2 rings (SSSR count). The Labute approximate surface area is 111 Å². The summed E-state index contributed by atoms with van der Waals surface area (Å²) in [7, 11) is 0. The van der Waals surface area contributed by atoms with Crippen LogP contribution in [0.25, 0.3) is 0 Å². The van der Waals surface area contributed by atoms with Crippen LogP contribution in [0.1, 0.15) is 32.2 Å². The van der Waals surface area contributed by atoms with Crippen molar-refractivity contribution in [3.05, 3.63) is 35.7 Å². The lowest BCUT2D eigenvalue weighted by molar-refractivity contribution is 0.467. The Hall–Kier alpha value is -1.46. The molecule has 0 radical (unpaired) electrons. The van der Waals surface area contributed by atoms with Crippen LogP contribution in [0, 0.1) is 0 Å². The van der Waals surface area contributed by atoms with Gasteiger partial charge in [-0.2, -0.15) is 9.36 Å². The van der Waals surface area contributed by atoms with Crippen molar-refractivity contribution in [2.75, 3.05) is 0 Å². The Morgan fingerprint density at radius 3 is 2.72 bits per heavy atom. The highest BCUT2D eigenvalue weighted by Crippen LogP contribution is 2.28. The van der Waals surface area contributed by atoms with E-state index in [0.29, 0.717) is 11.7 Å². The van der Waals surface area contributed by atoms with E-state index in [0.717, 1.165) is 17.1 Å². The molecule has 0 unspecified atom stereocenters. The summed E-state index contributed by atoms with van der Waals surface area (Å²) in [5.74, 6) is 1.55. The normalized spacial score (nSPS) is 11.6. The molecule has 0 saturated heterocycles. The molecule has 1 aromatic carbocycles. The second kappa shape index (κ2) is 5.04. The highest BCUT2D eigenvalue weighted by molar-refractivity contribution is 7.07. The fourth-order valence-corrected chi connectivity index (χ4v) is 2.13. The van der Waals surface area contributed by atoms with Crippen LogP contribution < -0.4 is 10.5 Å². The Morgan fingerprint density at radius 2 is 2.11 bits per heavy atom. The topological polar surface area (TPSA) is 61.0 Å². The first kappa shape index (κ1) is 13.0. The number of hydrogen-bond acceptors (Lipinski definition) is 5. The fourth-order valence-electron chi connectivity index (χ4n) is 1.39. The van der Waals surface area contributed by atoms with E-state index in [1.165, 1.54) is 11.5 Å². The largest absolute Gasteiger partial charge is 0.430 e. The molecular formula is C13H17N3OS. The molecule has 0 aliphatic rings. The zero-order chi connectivity index (χ0) is 13.2. The average molecular weight is 263 g/mol. The molecule has 4 nitrogen and oxygen atoms in total. The third-order valence-corrected chi connectivity index (χ3v) is 3.01. The zero-order valence-corrected chi connectivity index (χ0v) is 11.6. The van der Waals surface area contributed by atoms with Crippen molar-refractivity contribution in [1.82, 2.24) is 9.36 Å². The van der Waals surface area contributed by atoms with Gasteiger partial charge in [-0.3, -0.25) is 0 Å². The minimum Gasteiger partial charge on any atom is -0.430 e. The number of ether oxygens (including phenoxy) is 1. The first-order valence-electron chi connectivity index (χ1n) is 5.80. The van der Waals surface area contributed by atoms with Crippen LogP contribution in [0.2, 0.25) is 0 Å². The lowest BCUT2D eigenvalue weighted by atomic mass is 9.96. The summed E-state index contributed by atoms with van der Waals surface area (Å²) in [6.45, 7) is 6.73. The molecular weight excluding hydrogens is 246 g/mol. The molecule has 0 saturated carbocycles. The van der Waals surface area contributed by atoms with E-state index in [2.05, 4.69) is 30.1 Å². The van der Waals surface area contributed by atoms with Gasteiger partial charge in [0.05, 0.1) is 0 Å². The smallest absolute Gasteiger partial charge is 0.298 e. The van der Waals surface area contributed by atoms with Crippen molar-refractivity contribution in [3.63, 3.8) is 0 Å². The molecule has 2 aromatic rings. The van der Waals surface area contributed by atoms with E-state index in [-0.39, 0.29) is 5.41 Å². The van der Waals surface area contributed by atoms with Gasteiger partial charge < -0.3 is 10.5 Å². The maximum atomic E-state index is 5.69. The predicted molar refractivity (Wildman–Crippen MR) is 73.0 cm³/mol. The van der Waals surface area contributed by atoms with Crippen LogP contribution >= 0.6 is 11.5 Å². The molecule has 0 bridgehead atoms. The molecule has 96 valence electrons. The lowest BCUT2D eigenvalue weighted by Crippen LogP contribution is -2.12. The third kappa shape index (κ3) is 3.05. The molecule has 0 fully saturated rings. The van der Waals surface area contributed by atoms with Crippen molar-refractivity contribution < 1.29 is 4.74 Å². The molecule has 0 aliphatic carbocycles. The van der Waals surface area contributed by atoms with Crippen molar-refractivity contribution in [1.29, 1.82) is 0 Å². The van der Waals surface area contributed by atoms with Gasteiger partial charge in [0.25, 0.3) is 5.19 Å². The number of nitrogens with zero attached hydrogens (tertiary/aromatic N) is 2. The standard InChI is InChI=1S/C13H17N3OS/c1-13(2,3)11-15-12(18-16-11)17-10-6-4-5-9(7-10)8-14/h4-7H,8,14H2,1-3H3. The van der Waals surface area contributed by atoms with E-state index < -0.39 is 0 Å². The quantitative estimate of drug-likeness (QED) is 0.924.